The van der Waals surface area contributed by atoms with Gasteiger partial charge in [-0.25, -0.2) is 4.98 Å². The number of fused-ring (bicyclic) bond motifs is 1. The highest BCUT2D eigenvalue weighted by atomic mass is 35.5. The summed E-state index contributed by atoms with van der Waals surface area (Å²) >= 11 is 17.9. The fourth-order valence-electron chi connectivity index (χ4n) is 2.26. The highest BCUT2D eigenvalue weighted by molar-refractivity contribution is 6.36. The summed E-state index contributed by atoms with van der Waals surface area (Å²) < 4.78 is 7.15. The third kappa shape index (κ3) is 4.78. The Labute approximate surface area is 159 Å². The molecule has 2 heterocycles. The van der Waals surface area contributed by atoms with Crippen LogP contribution in [0.25, 0.3) is 5.65 Å². The molecular weight excluding hydrogens is 385 g/mol. The number of halogens is 3. The molecule has 1 N–H and O–H groups in total. The molecular formula is C17H14Cl3N3O2. The lowest BCUT2D eigenvalue weighted by Crippen LogP contribution is -2.30. The first-order valence-corrected chi connectivity index (χ1v) is 8.62. The Morgan fingerprint density at radius 2 is 1.88 bits per heavy atom. The first-order chi connectivity index (χ1) is 12.0. The largest absolute Gasteiger partial charge is 0.484 e. The molecule has 2 aromatic heterocycles. The number of benzene rings is 1. The summed E-state index contributed by atoms with van der Waals surface area (Å²) in [6.07, 6.45) is 4.14. The summed E-state index contributed by atoms with van der Waals surface area (Å²) in [4.78, 5) is 16.2. The lowest BCUT2D eigenvalue weighted by Gasteiger charge is -2.06. The van der Waals surface area contributed by atoms with Gasteiger partial charge in [0.1, 0.15) is 5.75 Å². The van der Waals surface area contributed by atoms with E-state index in [1.807, 2.05) is 6.20 Å². The number of ether oxygens (including phenoxy) is 1. The number of nitrogens with zero attached hydrogens (tertiary/aromatic N) is 2. The third-order valence-electron chi connectivity index (χ3n) is 3.41. The van der Waals surface area contributed by atoms with Crippen LogP contribution in [0.1, 0.15) is 5.69 Å². The number of pyridine rings is 1. The Kier molecular flexibility index (Phi) is 5.68. The van der Waals surface area contributed by atoms with E-state index >= 15 is 0 Å². The van der Waals surface area contributed by atoms with Crippen molar-refractivity contribution in [1.29, 1.82) is 0 Å². The summed E-state index contributed by atoms with van der Waals surface area (Å²) in [5.74, 6) is 0.381. The van der Waals surface area contributed by atoms with Crippen molar-refractivity contribution in [2.75, 3.05) is 13.2 Å². The van der Waals surface area contributed by atoms with E-state index in [0.717, 1.165) is 5.69 Å². The van der Waals surface area contributed by atoms with Crippen LogP contribution >= 0.6 is 34.8 Å². The van der Waals surface area contributed by atoms with Crippen molar-refractivity contribution in [3.05, 3.63) is 63.5 Å². The van der Waals surface area contributed by atoms with Crippen LogP contribution in [0.2, 0.25) is 15.1 Å². The highest BCUT2D eigenvalue weighted by Gasteiger charge is 2.08. The van der Waals surface area contributed by atoms with Gasteiger partial charge in [0.15, 0.2) is 12.3 Å². The predicted octanol–water partition coefficient (Wildman–Crippen LogP) is 4.03. The summed E-state index contributed by atoms with van der Waals surface area (Å²) in [7, 11) is 0. The third-order valence-corrected chi connectivity index (χ3v) is 4.15. The molecule has 0 atom stereocenters. The zero-order valence-corrected chi connectivity index (χ0v) is 15.3. The van der Waals surface area contributed by atoms with Gasteiger partial charge in [-0.2, -0.15) is 0 Å². The molecule has 0 unspecified atom stereocenters. The average Bonchev–Trinajstić information content (AvgIpc) is 2.97. The number of imidazole rings is 1. The number of rotatable bonds is 6. The fraction of sp³-hybridized carbons (Fsp3) is 0.176. The molecule has 3 rings (SSSR count). The van der Waals surface area contributed by atoms with E-state index in [9.17, 15) is 4.79 Å². The van der Waals surface area contributed by atoms with E-state index in [4.69, 9.17) is 39.5 Å². The molecule has 25 heavy (non-hydrogen) atoms. The molecule has 0 radical (unpaired) electrons. The average molecular weight is 399 g/mol. The molecule has 0 fully saturated rings. The molecule has 0 aliphatic rings. The van der Waals surface area contributed by atoms with Crippen LogP contribution in [0.15, 0.2) is 42.7 Å². The van der Waals surface area contributed by atoms with Gasteiger partial charge in [-0.3, -0.25) is 4.79 Å². The Morgan fingerprint density at radius 3 is 2.64 bits per heavy atom. The van der Waals surface area contributed by atoms with Gasteiger partial charge in [-0.05, 0) is 30.3 Å². The van der Waals surface area contributed by atoms with Crippen molar-refractivity contribution >= 4 is 46.4 Å². The Balaban J connectivity index is 1.48. The number of hydrogen-bond acceptors (Lipinski definition) is 3. The standard InChI is InChI=1S/C17H14Cl3N3O2/c18-11-1-3-14(4-2-11)25-10-16(24)21-6-5-13-9-23-8-12(19)7-15(20)17(23)22-13/h1-4,7-9H,5-6,10H2,(H,21,24). The second-order valence-electron chi connectivity index (χ2n) is 5.31. The molecule has 8 heteroatoms. The predicted molar refractivity (Wildman–Crippen MR) is 98.9 cm³/mol. The molecule has 1 aromatic carbocycles. The zero-order chi connectivity index (χ0) is 17.8. The van der Waals surface area contributed by atoms with Crippen LogP contribution in [0.5, 0.6) is 5.75 Å². The number of carbonyl (C=O) groups is 1. The summed E-state index contributed by atoms with van der Waals surface area (Å²) in [6.45, 7) is 0.381. The molecule has 0 bridgehead atoms. The lowest BCUT2D eigenvalue weighted by molar-refractivity contribution is -0.123. The van der Waals surface area contributed by atoms with Crippen LogP contribution < -0.4 is 10.1 Å². The van der Waals surface area contributed by atoms with Crippen LogP contribution in [0, 0.1) is 0 Å². The maximum absolute atomic E-state index is 11.8. The van der Waals surface area contributed by atoms with Crippen LogP contribution in [-0.2, 0) is 11.2 Å². The van der Waals surface area contributed by atoms with Crippen molar-refractivity contribution in [1.82, 2.24) is 14.7 Å². The quantitative estimate of drug-likeness (QED) is 0.682. The molecule has 130 valence electrons. The Morgan fingerprint density at radius 1 is 1.12 bits per heavy atom. The van der Waals surface area contributed by atoms with Gasteiger partial charge in [0.2, 0.25) is 0 Å². The van der Waals surface area contributed by atoms with Gasteiger partial charge in [-0.15, -0.1) is 0 Å². The highest BCUT2D eigenvalue weighted by Crippen LogP contribution is 2.21. The van der Waals surface area contributed by atoms with Crippen LogP contribution in [-0.4, -0.2) is 28.4 Å². The second kappa shape index (κ2) is 7.95. The molecule has 3 aromatic rings. The van der Waals surface area contributed by atoms with Gasteiger partial charge < -0.3 is 14.5 Å². The maximum Gasteiger partial charge on any atom is 0.257 e. The van der Waals surface area contributed by atoms with Crippen molar-refractivity contribution in [3.63, 3.8) is 0 Å². The molecule has 1 amide bonds. The molecule has 5 nitrogen and oxygen atoms in total. The minimum atomic E-state index is -0.209. The first-order valence-electron chi connectivity index (χ1n) is 7.49. The smallest absolute Gasteiger partial charge is 0.257 e. The second-order valence-corrected chi connectivity index (χ2v) is 6.59. The number of carbonyl (C=O) groups excluding carboxylic acids is 1. The molecule has 0 saturated heterocycles. The Hall–Kier alpha value is -1.95. The number of aromatic nitrogens is 2. The molecule has 0 saturated carbocycles. The minimum Gasteiger partial charge on any atom is -0.484 e. The molecule has 0 aliphatic carbocycles. The van der Waals surface area contributed by atoms with Gasteiger partial charge in [0.05, 0.1) is 15.7 Å². The fourth-order valence-corrected chi connectivity index (χ4v) is 2.91. The maximum atomic E-state index is 11.8. The zero-order valence-electron chi connectivity index (χ0n) is 13.0. The van der Waals surface area contributed by atoms with Gasteiger partial charge >= 0.3 is 0 Å². The first kappa shape index (κ1) is 17.9. The molecule has 0 spiro atoms. The minimum absolute atomic E-state index is 0.0613. The number of hydrogen-bond donors (Lipinski definition) is 1. The topological polar surface area (TPSA) is 55.6 Å². The normalized spacial score (nSPS) is 10.8. The van der Waals surface area contributed by atoms with Crippen LogP contribution in [0.3, 0.4) is 0 Å². The van der Waals surface area contributed by atoms with Gasteiger partial charge in [0.25, 0.3) is 5.91 Å². The van der Waals surface area contributed by atoms with Crippen molar-refractivity contribution in [2.24, 2.45) is 0 Å². The van der Waals surface area contributed by atoms with E-state index in [1.165, 1.54) is 0 Å². The van der Waals surface area contributed by atoms with Gasteiger partial charge in [-0.1, -0.05) is 34.8 Å². The van der Waals surface area contributed by atoms with E-state index in [1.54, 1.807) is 40.9 Å². The van der Waals surface area contributed by atoms with E-state index in [0.29, 0.717) is 39.4 Å². The summed E-state index contributed by atoms with van der Waals surface area (Å²) in [5.41, 5.74) is 1.45. The van der Waals surface area contributed by atoms with E-state index in [2.05, 4.69) is 10.3 Å². The van der Waals surface area contributed by atoms with Crippen molar-refractivity contribution in [2.45, 2.75) is 6.42 Å². The van der Waals surface area contributed by atoms with E-state index in [-0.39, 0.29) is 12.5 Å². The number of nitrogens with one attached hydrogen (secondary N) is 1. The van der Waals surface area contributed by atoms with Gasteiger partial charge in [0, 0.05) is 30.4 Å². The lowest BCUT2D eigenvalue weighted by atomic mass is 10.3. The van der Waals surface area contributed by atoms with Crippen molar-refractivity contribution in [3.8, 4) is 5.75 Å². The SMILES string of the molecule is O=C(COc1ccc(Cl)cc1)NCCc1cn2cc(Cl)cc(Cl)c2n1. The van der Waals surface area contributed by atoms with E-state index < -0.39 is 0 Å². The van der Waals surface area contributed by atoms with Crippen LogP contribution in [0.4, 0.5) is 0 Å². The number of amides is 1. The van der Waals surface area contributed by atoms with Crippen molar-refractivity contribution < 1.29 is 9.53 Å². The Bertz CT molecular complexity index is 894. The summed E-state index contributed by atoms with van der Waals surface area (Å²) in [5, 5.41) is 4.42. The molecule has 0 aliphatic heterocycles. The monoisotopic (exact) mass is 397 g/mol. The summed E-state index contributed by atoms with van der Waals surface area (Å²) in [6, 6.07) is 8.47.